The van der Waals surface area contributed by atoms with Gasteiger partial charge in [-0.2, -0.15) is 0 Å². The maximum Gasteiger partial charge on any atom is 0.140 e. The van der Waals surface area contributed by atoms with E-state index in [2.05, 4.69) is 81.0 Å². The van der Waals surface area contributed by atoms with E-state index in [9.17, 15) is 0 Å². The second-order valence-electron chi connectivity index (χ2n) is 9.34. The first kappa shape index (κ1) is 23.2. The number of nitrogens with one attached hydrogen (secondary N) is 1. The molecule has 1 aliphatic heterocycles. The fraction of sp³-hybridized carbons (Fsp3) is 0.519. The summed E-state index contributed by atoms with van der Waals surface area (Å²) in [5.74, 6) is 1.93. The van der Waals surface area contributed by atoms with Crippen LogP contribution in [-0.2, 0) is 6.42 Å². The number of nitrogens with zero attached hydrogens (tertiary/aromatic N) is 3. The van der Waals surface area contributed by atoms with Crippen LogP contribution in [0.25, 0.3) is 11.0 Å². The Bertz CT molecular complexity index is 973. The molecule has 1 atom stereocenters. The summed E-state index contributed by atoms with van der Waals surface area (Å²) < 4.78 is 1.07. The summed E-state index contributed by atoms with van der Waals surface area (Å²) in [4.78, 5) is 12.9. The highest BCUT2D eigenvalue weighted by Gasteiger charge is 2.19. The number of aromatic amines is 1. The van der Waals surface area contributed by atoms with E-state index in [1.54, 1.807) is 0 Å². The van der Waals surface area contributed by atoms with Crippen LogP contribution in [0.15, 0.2) is 47.1 Å². The van der Waals surface area contributed by atoms with Crippen molar-refractivity contribution in [2.75, 3.05) is 36.0 Å². The zero-order chi connectivity index (χ0) is 22.3. The number of aromatic nitrogens is 2. The quantitative estimate of drug-likeness (QED) is 0.301. The van der Waals surface area contributed by atoms with Crippen LogP contribution in [0.1, 0.15) is 57.9 Å². The summed E-state index contributed by atoms with van der Waals surface area (Å²) in [7, 11) is 0. The predicted molar refractivity (Wildman–Crippen MR) is 141 cm³/mol. The fourth-order valence-corrected chi connectivity index (χ4v) is 5.18. The van der Waals surface area contributed by atoms with Crippen molar-refractivity contribution in [1.82, 2.24) is 9.97 Å². The fourth-order valence-electron chi connectivity index (χ4n) is 4.75. The number of unbranched alkanes of at least 4 members (excludes halogenated alkanes) is 2. The molecule has 1 saturated heterocycles. The topological polar surface area (TPSA) is 35.2 Å². The van der Waals surface area contributed by atoms with Crippen LogP contribution in [-0.4, -0.2) is 36.1 Å². The summed E-state index contributed by atoms with van der Waals surface area (Å²) in [6, 6.07) is 13.6. The molecule has 172 valence electrons. The maximum atomic E-state index is 4.81. The lowest BCUT2D eigenvalue weighted by atomic mass is 9.96. The van der Waals surface area contributed by atoms with E-state index < -0.39 is 0 Å². The van der Waals surface area contributed by atoms with Crippen LogP contribution < -0.4 is 9.80 Å². The smallest absolute Gasteiger partial charge is 0.140 e. The van der Waals surface area contributed by atoms with Crippen molar-refractivity contribution >= 4 is 38.5 Å². The highest BCUT2D eigenvalue weighted by Crippen LogP contribution is 2.26. The molecular formula is C27H37BrN4. The molecule has 2 aromatic heterocycles. The maximum absolute atomic E-state index is 4.81. The van der Waals surface area contributed by atoms with Gasteiger partial charge in [-0.05, 0) is 64.5 Å². The molecular weight excluding hydrogens is 460 g/mol. The van der Waals surface area contributed by atoms with Gasteiger partial charge in [0.1, 0.15) is 11.5 Å². The first-order chi connectivity index (χ1) is 15.6. The van der Waals surface area contributed by atoms with Crippen LogP contribution >= 0.6 is 15.9 Å². The molecule has 1 unspecified atom stereocenters. The average Bonchev–Trinajstić information content (AvgIpc) is 3.20. The molecule has 1 fully saturated rings. The van der Waals surface area contributed by atoms with Gasteiger partial charge in [0.15, 0.2) is 0 Å². The highest BCUT2D eigenvalue weighted by molar-refractivity contribution is 9.10. The van der Waals surface area contributed by atoms with Gasteiger partial charge < -0.3 is 14.8 Å². The number of piperazine rings is 1. The largest absolute Gasteiger partial charge is 0.368 e. The molecule has 3 aromatic rings. The van der Waals surface area contributed by atoms with E-state index in [1.807, 2.05) is 6.20 Å². The van der Waals surface area contributed by atoms with Gasteiger partial charge in [0, 0.05) is 47.9 Å². The number of halogens is 1. The number of hydrogen-bond acceptors (Lipinski definition) is 3. The lowest BCUT2D eigenvalue weighted by Crippen LogP contribution is -2.46. The number of aryl methyl sites for hydroxylation is 1. The Morgan fingerprint density at radius 2 is 1.66 bits per heavy atom. The van der Waals surface area contributed by atoms with Gasteiger partial charge in [0.2, 0.25) is 0 Å². The number of fused-ring (bicyclic) bond motifs is 1. The third-order valence-corrected chi connectivity index (χ3v) is 7.50. The predicted octanol–water partition coefficient (Wildman–Crippen LogP) is 7.19. The van der Waals surface area contributed by atoms with Crippen LogP contribution in [0.3, 0.4) is 0 Å². The van der Waals surface area contributed by atoms with Gasteiger partial charge in [0.05, 0.1) is 0 Å². The Morgan fingerprint density at radius 3 is 2.41 bits per heavy atom. The Hall–Kier alpha value is -2.01. The number of benzene rings is 1. The zero-order valence-corrected chi connectivity index (χ0v) is 21.2. The van der Waals surface area contributed by atoms with Crippen molar-refractivity contribution in [3.63, 3.8) is 0 Å². The molecule has 1 N–H and O–H groups in total. The van der Waals surface area contributed by atoms with Gasteiger partial charge in [-0.3, -0.25) is 0 Å². The summed E-state index contributed by atoms with van der Waals surface area (Å²) in [5.41, 5.74) is 3.77. The van der Waals surface area contributed by atoms with Gasteiger partial charge in [-0.15, -0.1) is 0 Å². The van der Waals surface area contributed by atoms with Crippen molar-refractivity contribution in [2.24, 2.45) is 5.92 Å². The zero-order valence-electron chi connectivity index (χ0n) is 19.6. The Balaban J connectivity index is 1.24. The lowest BCUT2D eigenvalue weighted by molar-refractivity contribution is 0.450. The van der Waals surface area contributed by atoms with Crippen LogP contribution in [0.4, 0.5) is 11.5 Å². The molecule has 0 radical (unpaired) electrons. The number of anilines is 2. The van der Waals surface area contributed by atoms with E-state index in [-0.39, 0.29) is 0 Å². The SMILES string of the molecule is CCCCCC(C)CCCc1ccc(N2CCN(c3ccc4c(Br)c[nH]c4n3)CC2)cc1. The Labute approximate surface area is 201 Å². The molecule has 0 bridgehead atoms. The highest BCUT2D eigenvalue weighted by atomic mass is 79.9. The Kier molecular flexibility index (Phi) is 8.12. The van der Waals surface area contributed by atoms with Crippen molar-refractivity contribution in [2.45, 2.75) is 58.8 Å². The number of pyridine rings is 1. The summed E-state index contributed by atoms with van der Waals surface area (Å²) in [6.45, 7) is 8.76. The standard InChI is InChI=1S/C27H37BrN4/c1-3-4-5-7-21(2)8-6-9-22-10-12-23(13-11-22)31-16-18-32(19-17-31)26-15-14-24-25(28)20-29-27(24)30-26/h10-15,20-21H,3-9,16-19H2,1-2H3,(H,29,30). The van der Waals surface area contributed by atoms with E-state index >= 15 is 0 Å². The van der Waals surface area contributed by atoms with Crippen molar-refractivity contribution in [3.8, 4) is 0 Å². The summed E-state index contributed by atoms with van der Waals surface area (Å²) >= 11 is 3.57. The number of H-pyrrole nitrogens is 1. The molecule has 4 nitrogen and oxygen atoms in total. The summed E-state index contributed by atoms with van der Waals surface area (Å²) in [6.07, 6.45) is 11.3. The molecule has 0 spiro atoms. The first-order valence-electron chi connectivity index (χ1n) is 12.4. The minimum atomic E-state index is 0.867. The van der Waals surface area contributed by atoms with Crippen LogP contribution in [0.5, 0.6) is 0 Å². The number of hydrogen-bond donors (Lipinski definition) is 1. The van der Waals surface area contributed by atoms with Crippen molar-refractivity contribution in [1.29, 1.82) is 0 Å². The summed E-state index contributed by atoms with van der Waals surface area (Å²) in [5, 5.41) is 1.14. The minimum Gasteiger partial charge on any atom is -0.368 e. The molecule has 1 aromatic carbocycles. The van der Waals surface area contributed by atoms with E-state index in [0.29, 0.717) is 0 Å². The molecule has 5 heteroatoms. The van der Waals surface area contributed by atoms with Crippen molar-refractivity contribution in [3.05, 3.63) is 52.6 Å². The third kappa shape index (κ3) is 5.86. The molecule has 0 aliphatic carbocycles. The molecule has 0 saturated carbocycles. The van der Waals surface area contributed by atoms with Crippen LogP contribution in [0, 0.1) is 5.92 Å². The van der Waals surface area contributed by atoms with Gasteiger partial charge >= 0.3 is 0 Å². The van der Waals surface area contributed by atoms with Crippen molar-refractivity contribution < 1.29 is 0 Å². The molecule has 0 amide bonds. The molecule has 3 heterocycles. The lowest BCUT2D eigenvalue weighted by Gasteiger charge is -2.36. The normalized spacial score (nSPS) is 15.5. The van der Waals surface area contributed by atoms with Gasteiger partial charge in [0.25, 0.3) is 0 Å². The van der Waals surface area contributed by atoms with Gasteiger partial charge in [-0.25, -0.2) is 4.98 Å². The van der Waals surface area contributed by atoms with Crippen LogP contribution in [0.2, 0.25) is 0 Å². The third-order valence-electron chi connectivity index (χ3n) is 6.84. The first-order valence-corrected chi connectivity index (χ1v) is 13.2. The second kappa shape index (κ2) is 11.2. The van der Waals surface area contributed by atoms with E-state index in [0.717, 1.165) is 53.4 Å². The van der Waals surface area contributed by atoms with E-state index in [4.69, 9.17) is 4.98 Å². The molecule has 1 aliphatic rings. The molecule has 4 rings (SSSR count). The Morgan fingerprint density at radius 1 is 0.938 bits per heavy atom. The van der Waals surface area contributed by atoms with E-state index in [1.165, 1.54) is 56.2 Å². The molecule has 32 heavy (non-hydrogen) atoms. The number of rotatable bonds is 10. The second-order valence-corrected chi connectivity index (χ2v) is 10.2. The minimum absolute atomic E-state index is 0.867. The average molecular weight is 498 g/mol. The van der Waals surface area contributed by atoms with Gasteiger partial charge in [-0.1, -0.05) is 58.1 Å². The monoisotopic (exact) mass is 496 g/mol.